The van der Waals surface area contributed by atoms with Crippen LogP contribution in [0.5, 0.6) is 5.75 Å². The molecule has 3 aliphatic rings. The maximum absolute atomic E-state index is 14.0. The SMILES string of the molecule is Cc1ccc(N2C(=O)[C@@H]3[C@H](C2=O)[C@@H](C(=O)Oc2ccc(C(=O)c4ccccc4)cc2)N2c4ccccc4C=C[C@H]32)cc1. The fourth-order valence-corrected chi connectivity index (χ4v) is 6.34. The van der Waals surface area contributed by atoms with Crippen molar-refractivity contribution >= 4 is 41.0 Å². The second-order valence-electron chi connectivity index (χ2n) is 10.8. The van der Waals surface area contributed by atoms with Crippen molar-refractivity contribution in [2.24, 2.45) is 11.8 Å². The zero-order chi connectivity index (χ0) is 29.0. The zero-order valence-electron chi connectivity index (χ0n) is 22.7. The lowest BCUT2D eigenvalue weighted by molar-refractivity contribution is -0.139. The van der Waals surface area contributed by atoms with Crippen LogP contribution in [0.25, 0.3) is 6.08 Å². The van der Waals surface area contributed by atoms with Crippen molar-refractivity contribution in [3.05, 3.63) is 131 Å². The van der Waals surface area contributed by atoms with E-state index in [1.165, 1.54) is 4.90 Å². The first-order valence-electron chi connectivity index (χ1n) is 13.8. The zero-order valence-corrected chi connectivity index (χ0v) is 22.7. The van der Waals surface area contributed by atoms with Crippen LogP contribution < -0.4 is 14.5 Å². The number of aryl methyl sites for hydroxylation is 1. The highest BCUT2D eigenvalue weighted by molar-refractivity contribution is 6.24. The van der Waals surface area contributed by atoms with Gasteiger partial charge in [-0.2, -0.15) is 0 Å². The Labute approximate surface area is 242 Å². The number of benzene rings is 4. The van der Waals surface area contributed by atoms with Crippen LogP contribution in [0.15, 0.2) is 109 Å². The number of nitrogens with zero attached hydrogens (tertiary/aromatic N) is 2. The number of carbonyl (C=O) groups excluding carboxylic acids is 4. The van der Waals surface area contributed by atoms with Gasteiger partial charge in [0.15, 0.2) is 5.78 Å². The minimum Gasteiger partial charge on any atom is -0.425 e. The fraction of sp³-hybridized carbons (Fsp3) is 0.143. The molecule has 206 valence electrons. The van der Waals surface area contributed by atoms with Crippen LogP contribution in [0.3, 0.4) is 0 Å². The highest BCUT2D eigenvalue weighted by Crippen LogP contribution is 2.49. The number of ketones is 1. The van der Waals surface area contributed by atoms with Crippen LogP contribution in [-0.4, -0.2) is 35.7 Å². The van der Waals surface area contributed by atoms with E-state index in [0.717, 1.165) is 16.8 Å². The molecule has 3 aliphatic heterocycles. The second-order valence-corrected chi connectivity index (χ2v) is 10.8. The average molecular weight is 555 g/mol. The van der Waals surface area contributed by atoms with Gasteiger partial charge < -0.3 is 9.64 Å². The number of para-hydroxylation sites is 1. The highest BCUT2D eigenvalue weighted by atomic mass is 16.5. The van der Waals surface area contributed by atoms with Gasteiger partial charge in [0.2, 0.25) is 11.8 Å². The normalized spacial score (nSPS) is 22.0. The van der Waals surface area contributed by atoms with Gasteiger partial charge in [-0.05, 0) is 55.0 Å². The monoisotopic (exact) mass is 554 g/mol. The molecule has 4 aromatic rings. The Bertz CT molecular complexity index is 1760. The molecule has 0 spiro atoms. The highest BCUT2D eigenvalue weighted by Gasteiger charge is 2.65. The molecule has 0 bridgehead atoms. The van der Waals surface area contributed by atoms with Crippen molar-refractivity contribution in [2.75, 3.05) is 9.80 Å². The molecule has 4 atom stereocenters. The first-order valence-corrected chi connectivity index (χ1v) is 13.8. The molecule has 0 radical (unpaired) electrons. The third-order valence-corrected chi connectivity index (χ3v) is 8.32. The summed E-state index contributed by atoms with van der Waals surface area (Å²) in [6, 6.07) is 28.6. The molecular weight excluding hydrogens is 528 g/mol. The van der Waals surface area contributed by atoms with Crippen LogP contribution in [0.1, 0.15) is 27.0 Å². The van der Waals surface area contributed by atoms with E-state index in [1.54, 1.807) is 60.7 Å². The van der Waals surface area contributed by atoms with E-state index in [2.05, 4.69) is 0 Å². The topological polar surface area (TPSA) is 84.0 Å². The lowest BCUT2D eigenvalue weighted by atomic mass is 9.89. The first kappa shape index (κ1) is 25.7. The molecule has 4 aromatic carbocycles. The van der Waals surface area contributed by atoms with Crippen molar-refractivity contribution in [1.29, 1.82) is 0 Å². The van der Waals surface area contributed by atoms with Crippen molar-refractivity contribution < 1.29 is 23.9 Å². The third-order valence-electron chi connectivity index (χ3n) is 8.32. The van der Waals surface area contributed by atoms with Crippen molar-refractivity contribution in [3.63, 3.8) is 0 Å². The molecule has 7 rings (SSSR count). The Balaban J connectivity index is 1.22. The molecule has 3 heterocycles. The van der Waals surface area contributed by atoms with Gasteiger partial charge in [0.05, 0.1) is 23.6 Å². The van der Waals surface area contributed by atoms with Gasteiger partial charge in [0.1, 0.15) is 11.8 Å². The summed E-state index contributed by atoms with van der Waals surface area (Å²) in [4.78, 5) is 57.7. The fourth-order valence-electron chi connectivity index (χ4n) is 6.34. The molecule has 2 amide bonds. The van der Waals surface area contributed by atoms with Crippen LogP contribution in [-0.2, 0) is 14.4 Å². The maximum atomic E-state index is 14.0. The molecule has 7 nitrogen and oxygen atoms in total. The molecule has 0 aliphatic carbocycles. The van der Waals surface area contributed by atoms with Gasteiger partial charge in [-0.25, -0.2) is 9.69 Å². The summed E-state index contributed by atoms with van der Waals surface area (Å²) in [7, 11) is 0. The van der Waals surface area contributed by atoms with Crippen molar-refractivity contribution in [2.45, 2.75) is 19.0 Å². The van der Waals surface area contributed by atoms with Gasteiger partial charge in [-0.3, -0.25) is 14.4 Å². The summed E-state index contributed by atoms with van der Waals surface area (Å²) < 4.78 is 5.85. The van der Waals surface area contributed by atoms with Gasteiger partial charge in [-0.1, -0.05) is 78.4 Å². The van der Waals surface area contributed by atoms with E-state index in [-0.39, 0.29) is 17.4 Å². The van der Waals surface area contributed by atoms with Gasteiger partial charge >= 0.3 is 5.97 Å². The number of hydrogen-bond donors (Lipinski definition) is 0. The Hall–Kier alpha value is -5.30. The number of amides is 2. The molecule has 2 fully saturated rings. The summed E-state index contributed by atoms with van der Waals surface area (Å²) in [5.74, 6) is -2.94. The Morgan fingerprint density at radius 1 is 0.714 bits per heavy atom. The molecule has 42 heavy (non-hydrogen) atoms. The maximum Gasteiger partial charge on any atom is 0.335 e. The third kappa shape index (κ3) is 4.05. The summed E-state index contributed by atoms with van der Waals surface area (Å²) in [5.41, 5.74) is 4.18. The van der Waals surface area contributed by atoms with Crippen LogP contribution in [0, 0.1) is 18.8 Å². The minimum absolute atomic E-state index is 0.141. The van der Waals surface area contributed by atoms with E-state index in [1.807, 2.05) is 66.4 Å². The second kappa shape index (κ2) is 9.96. The quantitative estimate of drug-likeness (QED) is 0.146. The van der Waals surface area contributed by atoms with Crippen molar-refractivity contribution in [1.82, 2.24) is 0 Å². The number of carbonyl (C=O) groups is 4. The van der Waals surface area contributed by atoms with Gasteiger partial charge in [0.25, 0.3) is 0 Å². The van der Waals surface area contributed by atoms with E-state index < -0.39 is 35.8 Å². The Kier molecular flexibility index (Phi) is 6.08. The predicted octanol–water partition coefficient (Wildman–Crippen LogP) is 5.22. The van der Waals surface area contributed by atoms with E-state index in [9.17, 15) is 19.2 Å². The number of anilines is 2. The number of imide groups is 1. The number of fused-ring (bicyclic) bond motifs is 5. The number of esters is 1. The molecule has 2 saturated heterocycles. The molecule has 0 unspecified atom stereocenters. The lowest BCUT2D eigenvalue weighted by Gasteiger charge is -2.36. The predicted molar refractivity (Wildman–Crippen MR) is 158 cm³/mol. The number of ether oxygens (including phenoxy) is 1. The van der Waals surface area contributed by atoms with E-state index in [4.69, 9.17) is 4.74 Å². The minimum atomic E-state index is -1.02. The van der Waals surface area contributed by atoms with E-state index in [0.29, 0.717) is 16.8 Å². The summed E-state index contributed by atoms with van der Waals surface area (Å²) in [5, 5.41) is 0. The number of hydrogen-bond acceptors (Lipinski definition) is 6. The summed E-state index contributed by atoms with van der Waals surface area (Å²) in [6.07, 6.45) is 3.84. The Morgan fingerprint density at radius 3 is 2.10 bits per heavy atom. The molecule has 7 heteroatoms. The smallest absolute Gasteiger partial charge is 0.335 e. The standard InChI is InChI=1S/C35H26N2O5/c1-21-11-16-25(17-12-21)36-33(39)29-28-20-15-22-7-5-6-10-27(22)37(28)31(30(29)34(36)40)35(41)42-26-18-13-24(14-19-26)32(38)23-8-3-2-4-9-23/h2-20,28-31H,1H3/t28-,29+,30+,31+/m1/s1. The van der Waals surface area contributed by atoms with Gasteiger partial charge in [-0.15, -0.1) is 0 Å². The molecule has 0 saturated carbocycles. The summed E-state index contributed by atoms with van der Waals surface area (Å²) in [6.45, 7) is 1.93. The largest absolute Gasteiger partial charge is 0.425 e. The Morgan fingerprint density at radius 2 is 1.36 bits per heavy atom. The average Bonchev–Trinajstić information content (AvgIpc) is 3.50. The molecule has 0 N–H and O–H groups in total. The molecular formula is C35H26N2O5. The van der Waals surface area contributed by atoms with Crippen LogP contribution in [0.4, 0.5) is 11.4 Å². The lowest BCUT2D eigenvalue weighted by Crippen LogP contribution is -2.50. The summed E-state index contributed by atoms with van der Waals surface area (Å²) >= 11 is 0. The van der Waals surface area contributed by atoms with E-state index >= 15 is 0 Å². The van der Waals surface area contributed by atoms with Crippen LogP contribution in [0.2, 0.25) is 0 Å². The van der Waals surface area contributed by atoms with Crippen LogP contribution >= 0.6 is 0 Å². The molecule has 0 aromatic heterocycles. The van der Waals surface area contributed by atoms with Gasteiger partial charge in [0, 0.05) is 16.8 Å². The number of rotatable bonds is 5. The first-order chi connectivity index (χ1) is 20.4. The van der Waals surface area contributed by atoms with Crippen molar-refractivity contribution in [3.8, 4) is 5.75 Å².